The Morgan fingerprint density at radius 3 is 2.16 bits per heavy atom. The van der Waals surface area contributed by atoms with Crippen LogP contribution in [0.1, 0.15) is 70.6 Å². The van der Waals surface area contributed by atoms with Gasteiger partial charge < -0.3 is 33.4 Å². The third-order valence-electron chi connectivity index (χ3n) is 3.34. The van der Waals surface area contributed by atoms with Crippen molar-refractivity contribution < 1.29 is 26.5 Å². The summed E-state index contributed by atoms with van der Waals surface area (Å²) in [7, 11) is 0. The molecule has 0 aromatic carbocycles. The van der Waals surface area contributed by atoms with Crippen LogP contribution < -0.4 is 17.0 Å². The van der Waals surface area contributed by atoms with Gasteiger partial charge in [0.25, 0.3) is 0 Å². The molecule has 1 heterocycles. The summed E-state index contributed by atoms with van der Waals surface area (Å²) in [6.45, 7) is 5.62. The van der Waals surface area contributed by atoms with Crippen molar-refractivity contribution in [3.8, 4) is 0 Å². The van der Waals surface area contributed by atoms with Gasteiger partial charge in [0, 0.05) is 13.2 Å². The van der Waals surface area contributed by atoms with Gasteiger partial charge in [-0.1, -0.05) is 38.5 Å². The van der Waals surface area contributed by atoms with E-state index in [1.807, 2.05) is 0 Å². The minimum Gasteiger partial charge on any atom is -1.00 e. The summed E-state index contributed by atoms with van der Waals surface area (Å²) in [5, 5.41) is 0. The third-order valence-corrected chi connectivity index (χ3v) is 3.34. The zero-order valence-electron chi connectivity index (χ0n) is 12.4. The van der Waals surface area contributed by atoms with Gasteiger partial charge in [0.2, 0.25) is 0 Å². The Kier molecular flexibility index (Phi) is 20.3. The second-order valence-corrected chi connectivity index (χ2v) is 5.00. The predicted octanol–water partition coefficient (Wildman–Crippen LogP) is 1.11. The number of halogens is 1. The molecule has 0 aliphatic carbocycles. The normalized spacial score (nSPS) is 18.5. The number of hydrogen-bond donors (Lipinski definition) is 0. The van der Waals surface area contributed by atoms with E-state index in [1.165, 1.54) is 57.8 Å². The van der Waals surface area contributed by atoms with E-state index in [1.54, 1.807) is 0 Å². The minimum atomic E-state index is 0. The molecule has 1 aliphatic heterocycles. The van der Waals surface area contributed by atoms with Crippen LogP contribution >= 0.6 is 0 Å². The van der Waals surface area contributed by atoms with Gasteiger partial charge in [0.1, 0.15) is 0 Å². The molecule has 110 valence electrons. The Balaban J connectivity index is 0. The number of unbranched alkanes of at least 4 members (excludes halogenated alkanes) is 7. The van der Waals surface area contributed by atoms with Crippen molar-refractivity contribution in [2.75, 3.05) is 13.2 Å². The van der Waals surface area contributed by atoms with Gasteiger partial charge in [0.15, 0.2) is 6.29 Å². The average Bonchev–Trinajstić information content (AvgIpc) is 2.38. The molecule has 0 radical (unpaired) electrons. The Bertz CT molecular complexity index is 164. The molecule has 1 atom stereocenters. The Labute approximate surface area is 146 Å². The predicted molar refractivity (Wildman–Crippen MR) is 77.6 cm³/mol. The molecular weight excluding hydrogens is 316 g/mol. The second kappa shape index (κ2) is 17.2. The van der Waals surface area contributed by atoms with Crippen molar-refractivity contribution in [2.24, 2.45) is 0 Å². The van der Waals surface area contributed by atoms with E-state index in [0.717, 1.165) is 26.1 Å². The summed E-state index contributed by atoms with van der Waals surface area (Å²) in [4.78, 5) is 0. The van der Waals surface area contributed by atoms with Gasteiger partial charge in [-0.05, 0) is 25.7 Å². The summed E-state index contributed by atoms with van der Waals surface area (Å²) in [6.07, 6.45) is 14.0. The largest absolute Gasteiger partial charge is 2.00 e. The molecule has 0 N–H and O–H groups in total. The molecule has 1 unspecified atom stereocenters. The molecule has 0 spiro atoms. The van der Waals surface area contributed by atoms with E-state index < -0.39 is 0 Å². The molecule has 19 heavy (non-hydrogen) atoms. The zero-order valence-corrected chi connectivity index (χ0v) is 15.4. The van der Waals surface area contributed by atoms with Crippen molar-refractivity contribution in [1.29, 1.82) is 0 Å². The maximum atomic E-state index is 5.70. The first kappa shape index (κ1) is 22.4. The van der Waals surface area contributed by atoms with Gasteiger partial charge in [-0.3, -0.25) is 0 Å². The molecule has 0 saturated carbocycles. The van der Waals surface area contributed by atoms with Gasteiger partial charge in [0.05, 0.1) is 0 Å². The molecule has 0 amide bonds. The molecule has 1 rings (SSSR count). The van der Waals surface area contributed by atoms with E-state index in [4.69, 9.17) is 9.47 Å². The van der Waals surface area contributed by atoms with Crippen molar-refractivity contribution >= 4 is 23.1 Å². The third kappa shape index (κ3) is 13.9. The van der Waals surface area contributed by atoms with Crippen molar-refractivity contribution in [2.45, 2.75) is 76.9 Å². The van der Waals surface area contributed by atoms with E-state index >= 15 is 0 Å². The van der Waals surface area contributed by atoms with Gasteiger partial charge >= 0.3 is 23.1 Å². The Hall–Kier alpha value is 1.17. The van der Waals surface area contributed by atoms with Crippen LogP contribution in [0.3, 0.4) is 0 Å². The van der Waals surface area contributed by atoms with Gasteiger partial charge in [-0.15, -0.1) is 0 Å². The molecule has 1 saturated heterocycles. The van der Waals surface area contributed by atoms with Crippen molar-refractivity contribution in [1.82, 2.24) is 0 Å². The average molecular weight is 346 g/mol. The number of hydrogen-bond acceptors (Lipinski definition) is 2. The summed E-state index contributed by atoms with van der Waals surface area (Å²) < 4.78 is 11.2. The van der Waals surface area contributed by atoms with Crippen LogP contribution in [0.4, 0.5) is 0 Å². The monoisotopic (exact) mass is 344 g/mol. The Morgan fingerprint density at radius 2 is 1.58 bits per heavy atom. The maximum Gasteiger partial charge on any atom is 2.00 e. The molecule has 2 nitrogen and oxygen atoms in total. The Morgan fingerprint density at radius 1 is 0.947 bits per heavy atom. The summed E-state index contributed by atoms with van der Waals surface area (Å²) >= 11 is 0. The smallest absolute Gasteiger partial charge is 1.00 e. The van der Waals surface area contributed by atoms with Gasteiger partial charge in [-0.2, -0.15) is 6.42 Å². The van der Waals surface area contributed by atoms with E-state index in [9.17, 15) is 0 Å². The number of rotatable bonds is 10. The first-order valence-corrected chi connectivity index (χ1v) is 7.46. The van der Waals surface area contributed by atoms with Crippen LogP contribution in [-0.4, -0.2) is 42.6 Å². The van der Waals surface area contributed by atoms with Crippen molar-refractivity contribution in [3.63, 3.8) is 0 Å². The van der Waals surface area contributed by atoms with E-state index in [-0.39, 0.29) is 46.3 Å². The summed E-state index contributed by atoms with van der Waals surface area (Å²) in [5.41, 5.74) is 0. The molecule has 1 aliphatic rings. The number of ether oxygens (including phenoxy) is 2. The molecular formula is C15H29BrMgO2. The van der Waals surface area contributed by atoms with Crippen LogP contribution in [0.2, 0.25) is 0 Å². The standard InChI is InChI=1S/C15H29O2.BrH.Mg/c1-2-3-4-5-6-7-8-10-13-16-15-12-9-11-14-17-15;;/h15H,1-14H2;1H;/q-1;;+2/p-1. The van der Waals surface area contributed by atoms with Crippen LogP contribution in [-0.2, 0) is 9.47 Å². The summed E-state index contributed by atoms with van der Waals surface area (Å²) in [6, 6.07) is 0. The fraction of sp³-hybridized carbons (Fsp3) is 0.933. The molecule has 0 aromatic heterocycles. The zero-order chi connectivity index (χ0) is 12.2. The van der Waals surface area contributed by atoms with Crippen molar-refractivity contribution in [3.05, 3.63) is 6.92 Å². The molecule has 1 fully saturated rings. The first-order chi connectivity index (χ1) is 8.43. The summed E-state index contributed by atoms with van der Waals surface area (Å²) in [5.74, 6) is 0. The van der Waals surface area contributed by atoms with Crippen LogP contribution in [0, 0.1) is 6.92 Å². The fourth-order valence-electron chi connectivity index (χ4n) is 2.22. The fourth-order valence-corrected chi connectivity index (χ4v) is 2.22. The van der Waals surface area contributed by atoms with Crippen LogP contribution in [0.25, 0.3) is 0 Å². The van der Waals surface area contributed by atoms with Crippen LogP contribution in [0.5, 0.6) is 0 Å². The first-order valence-electron chi connectivity index (χ1n) is 7.46. The molecule has 0 aromatic rings. The maximum absolute atomic E-state index is 5.70. The van der Waals surface area contributed by atoms with E-state index in [2.05, 4.69) is 6.92 Å². The molecule has 4 heteroatoms. The SMILES string of the molecule is [Br-].[CH2-]CCCCCCCCCOC1CCCCO1.[Mg+2]. The van der Waals surface area contributed by atoms with Crippen LogP contribution in [0.15, 0.2) is 0 Å². The molecule has 0 bridgehead atoms. The minimum absolute atomic E-state index is 0. The van der Waals surface area contributed by atoms with Gasteiger partial charge in [-0.25, -0.2) is 0 Å². The van der Waals surface area contributed by atoms with E-state index in [0.29, 0.717) is 0 Å². The second-order valence-electron chi connectivity index (χ2n) is 5.00. The topological polar surface area (TPSA) is 18.5 Å². The quantitative estimate of drug-likeness (QED) is 0.335.